The molecule has 3 N–H and O–H groups in total. The minimum absolute atomic E-state index is 0.623. The third kappa shape index (κ3) is 2.29. The van der Waals surface area contributed by atoms with Crippen molar-refractivity contribution in [3.05, 3.63) is 12.5 Å². The molecule has 1 aromatic heterocycles. The molecule has 1 saturated heterocycles. The highest BCUT2D eigenvalue weighted by atomic mass is 32.2. The van der Waals surface area contributed by atoms with E-state index in [-0.39, 0.29) is 0 Å². The van der Waals surface area contributed by atoms with Crippen LogP contribution in [0.2, 0.25) is 0 Å². The highest BCUT2D eigenvalue weighted by Crippen LogP contribution is 2.24. The third-order valence-electron chi connectivity index (χ3n) is 2.32. The molecule has 1 aromatic rings. The fourth-order valence-corrected chi connectivity index (χ4v) is 2.76. The molecular weight excluding hydrogens is 196 g/mol. The summed E-state index contributed by atoms with van der Waals surface area (Å²) in [5, 5.41) is 3.27. The van der Waals surface area contributed by atoms with Crippen LogP contribution < -0.4 is 11.1 Å². The number of anilines is 2. The maximum Gasteiger partial charge on any atom is 0.152 e. The van der Waals surface area contributed by atoms with Gasteiger partial charge in [0.15, 0.2) is 5.82 Å². The Hall–Kier alpha value is -0.970. The Morgan fingerprint density at radius 1 is 1.64 bits per heavy atom. The molecule has 4 nitrogen and oxygen atoms in total. The molecular formula is C9H14N4S. The first-order chi connectivity index (χ1) is 6.86. The maximum atomic E-state index is 5.71. The number of rotatable bonds is 3. The molecule has 76 valence electrons. The van der Waals surface area contributed by atoms with Crippen LogP contribution in [0.3, 0.4) is 0 Å². The number of hydrogen-bond acceptors (Lipinski definition) is 5. The van der Waals surface area contributed by atoms with Crippen LogP contribution in [0, 0.1) is 5.92 Å². The van der Waals surface area contributed by atoms with Gasteiger partial charge in [0.05, 0.1) is 11.9 Å². The Morgan fingerprint density at radius 2 is 2.57 bits per heavy atom. The van der Waals surface area contributed by atoms with Crippen LogP contribution in [-0.4, -0.2) is 28.0 Å². The second kappa shape index (κ2) is 4.50. The van der Waals surface area contributed by atoms with Gasteiger partial charge in [-0.15, -0.1) is 0 Å². The zero-order chi connectivity index (χ0) is 9.80. The molecule has 5 heteroatoms. The lowest BCUT2D eigenvalue weighted by Gasteiger charge is -2.11. The van der Waals surface area contributed by atoms with Crippen LogP contribution in [0.1, 0.15) is 6.42 Å². The molecule has 0 aromatic carbocycles. The van der Waals surface area contributed by atoms with E-state index in [1.807, 2.05) is 11.8 Å². The van der Waals surface area contributed by atoms with E-state index in [4.69, 9.17) is 5.73 Å². The van der Waals surface area contributed by atoms with Crippen LogP contribution in [-0.2, 0) is 0 Å². The van der Waals surface area contributed by atoms with Crippen LogP contribution in [0.25, 0.3) is 0 Å². The van der Waals surface area contributed by atoms with E-state index in [9.17, 15) is 0 Å². The largest absolute Gasteiger partial charge is 0.394 e. The molecule has 0 aliphatic carbocycles. The van der Waals surface area contributed by atoms with Crippen molar-refractivity contribution in [1.29, 1.82) is 0 Å². The van der Waals surface area contributed by atoms with Crippen molar-refractivity contribution in [1.82, 2.24) is 9.97 Å². The molecule has 0 amide bonds. The van der Waals surface area contributed by atoms with Gasteiger partial charge in [0, 0.05) is 6.54 Å². The predicted molar refractivity (Wildman–Crippen MR) is 60.4 cm³/mol. The zero-order valence-corrected chi connectivity index (χ0v) is 8.76. The second-order valence-corrected chi connectivity index (χ2v) is 4.59. The van der Waals surface area contributed by atoms with E-state index in [0.717, 1.165) is 18.3 Å². The molecule has 1 atom stereocenters. The molecule has 0 spiro atoms. The zero-order valence-electron chi connectivity index (χ0n) is 7.94. The highest BCUT2D eigenvalue weighted by Gasteiger charge is 2.15. The lowest BCUT2D eigenvalue weighted by Crippen LogP contribution is -2.15. The van der Waals surface area contributed by atoms with Gasteiger partial charge in [0.1, 0.15) is 6.33 Å². The van der Waals surface area contributed by atoms with Gasteiger partial charge in [-0.2, -0.15) is 11.8 Å². The van der Waals surface area contributed by atoms with Crippen LogP contribution in [0.4, 0.5) is 11.5 Å². The van der Waals surface area contributed by atoms with Crippen LogP contribution in [0.15, 0.2) is 12.5 Å². The first-order valence-electron chi connectivity index (χ1n) is 4.73. The lowest BCUT2D eigenvalue weighted by molar-refractivity contribution is 0.630. The van der Waals surface area contributed by atoms with Crippen LogP contribution >= 0.6 is 11.8 Å². The highest BCUT2D eigenvalue weighted by molar-refractivity contribution is 7.99. The van der Waals surface area contributed by atoms with E-state index >= 15 is 0 Å². The molecule has 0 saturated carbocycles. The first kappa shape index (κ1) is 9.58. The molecule has 2 heterocycles. The summed E-state index contributed by atoms with van der Waals surface area (Å²) in [5.74, 6) is 4.05. The molecule has 1 aliphatic heterocycles. The van der Waals surface area contributed by atoms with E-state index in [0.29, 0.717) is 5.69 Å². The third-order valence-corrected chi connectivity index (χ3v) is 3.55. The van der Waals surface area contributed by atoms with Gasteiger partial charge >= 0.3 is 0 Å². The molecule has 14 heavy (non-hydrogen) atoms. The van der Waals surface area contributed by atoms with Gasteiger partial charge in [0.2, 0.25) is 0 Å². The summed E-state index contributed by atoms with van der Waals surface area (Å²) in [7, 11) is 0. The van der Waals surface area contributed by atoms with Gasteiger partial charge in [0.25, 0.3) is 0 Å². The van der Waals surface area contributed by atoms with Crippen molar-refractivity contribution in [2.45, 2.75) is 6.42 Å². The second-order valence-electron chi connectivity index (χ2n) is 3.44. The number of nitrogen functional groups attached to an aromatic ring is 1. The fourth-order valence-electron chi connectivity index (χ4n) is 1.47. The average molecular weight is 210 g/mol. The standard InChI is InChI=1S/C9H14N4S/c10-8-4-11-6-13-9(8)12-3-7-1-2-14-5-7/h4,6-7H,1-3,5,10H2,(H,11,12,13). The Morgan fingerprint density at radius 3 is 3.29 bits per heavy atom. The minimum atomic E-state index is 0.623. The SMILES string of the molecule is Nc1cncnc1NCC1CCSC1. The van der Waals surface area contributed by atoms with Crippen molar-refractivity contribution >= 4 is 23.3 Å². The first-order valence-corrected chi connectivity index (χ1v) is 5.89. The topological polar surface area (TPSA) is 63.8 Å². The number of hydrogen-bond donors (Lipinski definition) is 2. The van der Waals surface area contributed by atoms with Crippen molar-refractivity contribution in [3.63, 3.8) is 0 Å². The summed E-state index contributed by atoms with van der Waals surface area (Å²) in [4.78, 5) is 7.93. The summed E-state index contributed by atoms with van der Waals surface area (Å²) in [6.45, 7) is 0.966. The summed E-state index contributed by atoms with van der Waals surface area (Å²) in [5.41, 5.74) is 6.34. The lowest BCUT2D eigenvalue weighted by atomic mass is 10.1. The Kier molecular flexibility index (Phi) is 3.08. The molecule has 2 rings (SSSR count). The molecule has 0 bridgehead atoms. The van der Waals surface area contributed by atoms with Gasteiger partial charge in [-0.05, 0) is 23.8 Å². The maximum absolute atomic E-state index is 5.71. The number of thioether (sulfide) groups is 1. The molecule has 0 radical (unpaired) electrons. The predicted octanol–water partition coefficient (Wildman–Crippen LogP) is 1.22. The quantitative estimate of drug-likeness (QED) is 0.785. The Labute approximate surface area is 87.7 Å². The molecule has 1 aliphatic rings. The van der Waals surface area contributed by atoms with Crippen LogP contribution in [0.5, 0.6) is 0 Å². The van der Waals surface area contributed by atoms with Crippen molar-refractivity contribution in [2.75, 3.05) is 29.1 Å². The van der Waals surface area contributed by atoms with E-state index < -0.39 is 0 Å². The Bertz CT molecular complexity index is 299. The molecule has 1 unspecified atom stereocenters. The van der Waals surface area contributed by atoms with E-state index in [1.165, 1.54) is 24.3 Å². The number of nitrogens with two attached hydrogens (primary N) is 1. The number of nitrogens with zero attached hydrogens (tertiary/aromatic N) is 2. The number of aromatic nitrogens is 2. The summed E-state index contributed by atoms with van der Waals surface area (Å²) in [6.07, 6.45) is 4.43. The van der Waals surface area contributed by atoms with Crippen molar-refractivity contribution in [3.8, 4) is 0 Å². The smallest absolute Gasteiger partial charge is 0.152 e. The Balaban J connectivity index is 1.88. The van der Waals surface area contributed by atoms with Crippen molar-refractivity contribution < 1.29 is 0 Å². The van der Waals surface area contributed by atoms with E-state index in [1.54, 1.807) is 6.20 Å². The van der Waals surface area contributed by atoms with Crippen molar-refractivity contribution in [2.24, 2.45) is 5.92 Å². The normalized spacial score (nSPS) is 21.0. The summed E-state index contributed by atoms with van der Waals surface area (Å²) in [6, 6.07) is 0. The summed E-state index contributed by atoms with van der Waals surface area (Å²) >= 11 is 2.02. The van der Waals surface area contributed by atoms with Gasteiger partial charge in [-0.25, -0.2) is 9.97 Å². The van der Waals surface area contributed by atoms with Gasteiger partial charge < -0.3 is 11.1 Å². The average Bonchev–Trinajstić information content (AvgIpc) is 2.69. The minimum Gasteiger partial charge on any atom is -0.394 e. The molecule has 1 fully saturated rings. The number of nitrogens with one attached hydrogen (secondary N) is 1. The van der Waals surface area contributed by atoms with E-state index in [2.05, 4.69) is 15.3 Å². The fraction of sp³-hybridized carbons (Fsp3) is 0.556. The summed E-state index contributed by atoms with van der Waals surface area (Å²) < 4.78 is 0. The van der Waals surface area contributed by atoms with Gasteiger partial charge in [-0.1, -0.05) is 0 Å². The van der Waals surface area contributed by atoms with Gasteiger partial charge in [-0.3, -0.25) is 0 Å². The monoisotopic (exact) mass is 210 g/mol.